The molecule has 1 heterocycles. The highest BCUT2D eigenvalue weighted by molar-refractivity contribution is 7.88. The molecular formula is C24H24F5N3O4S. The molecular weight excluding hydrogens is 521 g/mol. The monoisotopic (exact) mass is 545 g/mol. The Morgan fingerprint density at radius 2 is 1.86 bits per heavy atom. The summed E-state index contributed by atoms with van der Waals surface area (Å²) in [5.74, 6) is -2.05. The van der Waals surface area contributed by atoms with Crippen LogP contribution in [0.25, 0.3) is 10.8 Å². The van der Waals surface area contributed by atoms with Gasteiger partial charge in [0, 0.05) is 42.5 Å². The zero-order valence-corrected chi connectivity index (χ0v) is 20.3. The van der Waals surface area contributed by atoms with E-state index in [0.29, 0.717) is 41.3 Å². The summed E-state index contributed by atoms with van der Waals surface area (Å²) in [6.07, 6.45) is -1.72. The number of sulfonamides is 1. The third-order valence-electron chi connectivity index (χ3n) is 6.13. The van der Waals surface area contributed by atoms with Crippen LogP contribution < -0.4 is 14.8 Å². The normalized spacial score (nSPS) is 19.0. The van der Waals surface area contributed by atoms with Crippen LogP contribution in [-0.4, -0.2) is 43.5 Å². The molecule has 200 valence electrons. The molecule has 0 saturated heterocycles. The van der Waals surface area contributed by atoms with Crippen molar-refractivity contribution in [3.05, 3.63) is 71.1 Å². The molecule has 1 aliphatic carbocycles. The van der Waals surface area contributed by atoms with E-state index in [-0.39, 0.29) is 36.5 Å². The Morgan fingerprint density at radius 3 is 2.54 bits per heavy atom. The van der Waals surface area contributed by atoms with Gasteiger partial charge in [0.25, 0.3) is 0 Å². The summed E-state index contributed by atoms with van der Waals surface area (Å²) < 4.78 is 97.6. The Labute approximate surface area is 209 Å². The van der Waals surface area contributed by atoms with Gasteiger partial charge in [0.15, 0.2) is 0 Å². The molecule has 0 bridgehead atoms. The van der Waals surface area contributed by atoms with Gasteiger partial charge in [0.05, 0.1) is 17.9 Å². The fraction of sp³-hybridized carbons (Fsp3) is 0.375. The zero-order chi connectivity index (χ0) is 27.0. The van der Waals surface area contributed by atoms with E-state index in [0.717, 1.165) is 18.4 Å². The lowest BCUT2D eigenvalue weighted by atomic mass is 9.88. The molecule has 0 amide bonds. The van der Waals surface area contributed by atoms with Crippen molar-refractivity contribution in [1.29, 1.82) is 0 Å². The minimum absolute atomic E-state index is 0.0822. The van der Waals surface area contributed by atoms with Crippen molar-refractivity contribution in [2.45, 2.75) is 43.8 Å². The summed E-state index contributed by atoms with van der Waals surface area (Å²) in [5, 5.41) is 14.6. The first-order valence-corrected chi connectivity index (χ1v) is 13.2. The minimum Gasteiger partial charge on any atom is -0.490 e. The van der Waals surface area contributed by atoms with Gasteiger partial charge >= 0.3 is 6.18 Å². The van der Waals surface area contributed by atoms with Gasteiger partial charge in [0.2, 0.25) is 10.0 Å². The average Bonchev–Trinajstić information content (AvgIpc) is 2.79. The van der Waals surface area contributed by atoms with Crippen molar-refractivity contribution >= 4 is 20.8 Å². The van der Waals surface area contributed by atoms with Crippen LogP contribution >= 0.6 is 0 Å². The summed E-state index contributed by atoms with van der Waals surface area (Å²) in [5.41, 5.74) is -0.881. The standard InChI is InChI=1S/C24H24F5N3O4S/c1-37(34,35)32-12-23(33)17-9-22(26)19(16-4-5-30-10-18(16)17)11-31-13-6-15(7-13)36-14-2-3-21(25)20(8-14)24(27,28)29/h2-5,8-10,13,15,23,31-33H,6-7,11-12H2,1H3/t13-,15-,23?. The Morgan fingerprint density at radius 1 is 1.14 bits per heavy atom. The molecule has 37 heavy (non-hydrogen) atoms. The third kappa shape index (κ3) is 6.53. The maximum atomic E-state index is 15.1. The highest BCUT2D eigenvalue weighted by Gasteiger charge is 2.36. The third-order valence-corrected chi connectivity index (χ3v) is 6.82. The van der Waals surface area contributed by atoms with E-state index in [1.54, 1.807) is 6.07 Å². The smallest absolute Gasteiger partial charge is 0.419 e. The number of halogens is 5. The molecule has 1 unspecified atom stereocenters. The Bertz CT molecular complexity index is 1400. The number of hydrogen-bond acceptors (Lipinski definition) is 6. The number of nitrogens with one attached hydrogen (secondary N) is 2. The van der Waals surface area contributed by atoms with E-state index in [9.17, 15) is 31.1 Å². The zero-order valence-electron chi connectivity index (χ0n) is 19.5. The van der Waals surface area contributed by atoms with Gasteiger partial charge in [-0.15, -0.1) is 0 Å². The second kappa shape index (κ2) is 10.5. The molecule has 3 N–H and O–H groups in total. The molecule has 4 rings (SSSR count). The number of alkyl halides is 3. The first-order valence-electron chi connectivity index (χ1n) is 11.3. The fourth-order valence-corrected chi connectivity index (χ4v) is 4.64. The van der Waals surface area contributed by atoms with Crippen LogP contribution in [-0.2, 0) is 22.7 Å². The van der Waals surface area contributed by atoms with E-state index in [4.69, 9.17) is 4.74 Å². The molecule has 7 nitrogen and oxygen atoms in total. The molecule has 3 aromatic rings. The second-order valence-corrected chi connectivity index (χ2v) is 10.7. The summed E-state index contributed by atoms with van der Waals surface area (Å²) in [7, 11) is -3.55. The SMILES string of the molecule is CS(=O)(=O)NCC(O)c1cc(F)c(CN[C@H]2C[C@H](Oc3ccc(F)c(C(F)(F)F)c3)C2)c2ccncc12. The lowest BCUT2D eigenvalue weighted by Gasteiger charge is -2.36. The number of hydrogen-bond donors (Lipinski definition) is 3. The number of benzene rings is 2. The molecule has 1 fully saturated rings. The number of pyridine rings is 1. The number of nitrogens with zero attached hydrogens (tertiary/aromatic N) is 1. The van der Waals surface area contributed by atoms with Crippen molar-refractivity contribution in [2.24, 2.45) is 0 Å². The number of aliphatic hydroxyl groups excluding tert-OH is 1. The predicted molar refractivity (Wildman–Crippen MR) is 125 cm³/mol. The van der Waals surface area contributed by atoms with Gasteiger partial charge in [0.1, 0.15) is 23.5 Å². The largest absolute Gasteiger partial charge is 0.490 e. The maximum absolute atomic E-state index is 15.1. The van der Waals surface area contributed by atoms with Crippen LogP contribution in [0.15, 0.2) is 42.7 Å². The highest BCUT2D eigenvalue weighted by Crippen LogP contribution is 2.35. The molecule has 1 saturated carbocycles. The van der Waals surface area contributed by atoms with Crippen molar-refractivity contribution in [3.63, 3.8) is 0 Å². The summed E-state index contributed by atoms with van der Waals surface area (Å²) in [6.45, 7) is -0.210. The number of fused-ring (bicyclic) bond motifs is 1. The Kier molecular flexibility index (Phi) is 7.70. The molecule has 1 aromatic heterocycles. The lowest BCUT2D eigenvalue weighted by molar-refractivity contribution is -0.140. The molecule has 0 aliphatic heterocycles. The second-order valence-electron chi connectivity index (χ2n) is 8.91. The molecule has 1 aliphatic rings. The molecule has 1 atom stereocenters. The highest BCUT2D eigenvalue weighted by atomic mass is 32.2. The van der Waals surface area contributed by atoms with E-state index < -0.39 is 39.5 Å². The van der Waals surface area contributed by atoms with E-state index >= 15 is 4.39 Å². The van der Waals surface area contributed by atoms with Crippen LogP contribution in [0.4, 0.5) is 22.0 Å². The first-order chi connectivity index (χ1) is 17.3. The number of ether oxygens (including phenoxy) is 1. The van der Waals surface area contributed by atoms with Crippen molar-refractivity contribution in [3.8, 4) is 5.75 Å². The summed E-state index contributed by atoms with van der Waals surface area (Å²) >= 11 is 0. The van der Waals surface area contributed by atoms with Crippen molar-refractivity contribution in [2.75, 3.05) is 12.8 Å². The topological polar surface area (TPSA) is 101 Å². The van der Waals surface area contributed by atoms with Gasteiger partial charge in [-0.1, -0.05) is 0 Å². The average molecular weight is 546 g/mol. The van der Waals surface area contributed by atoms with Crippen LogP contribution in [0, 0.1) is 11.6 Å². The molecule has 0 radical (unpaired) electrons. The lowest BCUT2D eigenvalue weighted by Crippen LogP contribution is -2.46. The van der Waals surface area contributed by atoms with Gasteiger partial charge in [-0.25, -0.2) is 21.9 Å². The summed E-state index contributed by atoms with van der Waals surface area (Å²) in [4.78, 5) is 4.03. The number of aromatic nitrogens is 1. The molecule has 0 spiro atoms. The molecule has 13 heteroatoms. The van der Waals surface area contributed by atoms with Gasteiger partial charge < -0.3 is 15.2 Å². The Hall–Kier alpha value is -2.87. The number of rotatable bonds is 9. The van der Waals surface area contributed by atoms with Gasteiger partial charge in [-0.2, -0.15) is 13.2 Å². The minimum atomic E-state index is -4.83. The maximum Gasteiger partial charge on any atom is 0.419 e. The summed E-state index contributed by atoms with van der Waals surface area (Å²) in [6, 6.07) is 5.14. The first kappa shape index (κ1) is 27.2. The molecule has 2 aromatic carbocycles. The Balaban J connectivity index is 1.40. The quantitative estimate of drug-likeness (QED) is 0.354. The predicted octanol–water partition coefficient (Wildman–Crippen LogP) is 3.81. The van der Waals surface area contributed by atoms with Crippen LogP contribution in [0.2, 0.25) is 0 Å². The van der Waals surface area contributed by atoms with E-state index in [1.165, 1.54) is 12.4 Å². The number of aliphatic hydroxyl groups is 1. The van der Waals surface area contributed by atoms with E-state index in [2.05, 4.69) is 15.0 Å². The van der Waals surface area contributed by atoms with Crippen LogP contribution in [0.1, 0.15) is 35.6 Å². The van der Waals surface area contributed by atoms with Crippen LogP contribution in [0.5, 0.6) is 5.75 Å². The van der Waals surface area contributed by atoms with Gasteiger partial charge in [-0.3, -0.25) is 4.98 Å². The van der Waals surface area contributed by atoms with Crippen molar-refractivity contribution in [1.82, 2.24) is 15.0 Å². The van der Waals surface area contributed by atoms with E-state index in [1.807, 2.05) is 0 Å². The van der Waals surface area contributed by atoms with Gasteiger partial charge in [-0.05, 0) is 54.1 Å². The fourth-order valence-electron chi connectivity index (χ4n) is 4.18. The van der Waals surface area contributed by atoms with Crippen molar-refractivity contribution < 1.29 is 40.2 Å². The van der Waals surface area contributed by atoms with Crippen LogP contribution in [0.3, 0.4) is 0 Å².